The summed E-state index contributed by atoms with van der Waals surface area (Å²) in [6.07, 6.45) is 2.21. The van der Waals surface area contributed by atoms with E-state index in [1.54, 1.807) is 7.11 Å². The normalized spacial score (nSPS) is 10.5. The Kier molecular flexibility index (Phi) is 9.18. The lowest BCUT2D eigenvalue weighted by molar-refractivity contribution is 0.159. The lowest BCUT2D eigenvalue weighted by Gasteiger charge is -2.09. The zero-order valence-corrected chi connectivity index (χ0v) is 16.6. The average molecular weight is 412 g/mol. The third-order valence-corrected chi connectivity index (χ3v) is 4.14. The minimum atomic E-state index is -0.539. The molecule has 0 aliphatic rings. The number of nitrogens with one attached hydrogen (secondary N) is 2. The highest BCUT2D eigenvalue weighted by Gasteiger charge is 2.06. The second-order valence-corrected chi connectivity index (χ2v) is 6.59. The van der Waals surface area contributed by atoms with E-state index in [-0.39, 0.29) is 10.3 Å². The molecule has 146 valence electrons. The molecule has 0 fully saturated rings. The van der Waals surface area contributed by atoms with Gasteiger partial charge in [0.15, 0.2) is 0 Å². The van der Waals surface area contributed by atoms with Crippen LogP contribution in [0.2, 0.25) is 10.3 Å². The highest BCUT2D eigenvalue weighted by Crippen LogP contribution is 2.19. The number of rotatable bonds is 10. The Morgan fingerprint density at radius 3 is 2.59 bits per heavy atom. The fourth-order valence-electron chi connectivity index (χ4n) is 2.46. The first-order chi connectivity index (χ1) is 13.1. The number of carbonyl (C=O) groups excluding carboxylic acids is 1. The van der Waals surface area contributed by atoms with Crippen molar-refractivity contribution in [2.75, 3.05) is 25.6 Å². The van der Waals surface area contributed by atoms with Crippen LogP contribution in [0.1, 0.15) is 24.8 Å². The average Bonchev–Trinajstić information content (AvgIpc) is 2.63. The number of nitrogens with zero attached hydrogens (tertiary/aromatic N) is 1. The number of ether oxygens (including phenoxy) is 2. The van der Waals surface area contributed by atoms with Crippen molar-refractivity contribution in [2.24, 2.45) is 0 Å². The number of pyridine rings is 1. The van der Waals surface area contributed by atoms with E-state index in [2.05, 4.69) is 15.6 Å². The first-order valence-corrected chi connectivity index (χ1v) is 9.43. The van der Waals surface area contributed by atoms with Gasteiger partial charge in [-0.05, 0) is 44.0 Å². The quantitative estimate of drug-likeness (QED) is 0.429. The summed E-state index contributed by atoms with van der Waals surface area (Å²) in [5.74, 6) is 0.890. The first-order valence-electron chi connectivity index (χ1n) is 8.68. The number of anilines is 1. The first kappa shape index (κ1) is 21.3. The highest BCUT2D eigenvalue weighted by molar-refractivity contribution is 6.32. The molecule has 2 aromatic rings. The van der Waals surface area contributed by atoms with E-state index in [1.807, 2.05) is 24.3 Å². The van der Waals surface area contributed by atoms with Gasteiger partial charge in [-0.15, -0.1) is 0 Å². The van der Waals surface area contributed by atoms with Crippen molar-refractivity contribution >= 4 is 35.0 Å². The lowest BCUT2D eigenvalue weighted by atomic mass is 10.2. The van der Waals surface area contributed by atoms with Gasteiger partial charge in [-0.25, -0.2) is 9.78 Å². The summed E-state index contributed by atoms with van der Waals surface area (Å²) < 4.78 is 10.5. The van der Waals surface area contributed by atoms with Crippen molar-refractivity contribution < 1.29 is 14.3 Å². The third-order valence-electron chi connectivity index (χ3n) is 3.75. The molecule has 27 heavy (non-hydrogen) atoms. The lowest BCUT2D eigenvalue weighted by Crippen LogP contribution is -2.16. The van der Waals surface area contributed by atoms with Crippen molar-refractivity contribution in [3.63, 3.8) is 0 Å². The van der Waals surface area contributed by atoms with Gasteiger partial charge >= 0.3 is 6.09 Å². The minimum Gasteiger partial charge on any atom is -0.496 e. The van der Waals surface area contributed by atoms with E-state index in [0.29, 0.717) is 12.3 Å². The third kappa shape index (κ3) is 8.03. The molecule has 0 saturated carbocycles. The van der Waals surface area contributed by atoms with Crippen molar-refractivity contribution in [2.45, 2.75) is 25.8 Å². The summed E-state index contributed by atoms with van der Waals surface area (Å²) in [6.45, 7) is 2.00. The van der Waals surface area contributed by atoms with Crippen LogP contribution >= 0.6 is 23.2 Å². The topological polar surface area (TPSA) is 72.5 Å². The standard InChI is InChI=1S/C19H23Cl2N3O3/c1-26-16-8-4-3-7-14(16)13-22-9-5-2-6-10-27-19(25)23-15-11-17(20)24-18(21)12-15/h3-4,7-8,11-12,22H,2,5-6,9-10,13H2,1H3,(H,23,24,25). The van der Waals surface area contributed by atoms with E-state index in [0.717, 1.165) is 43.7 Å². The number of unbranched alkanes of at least 4 members (excludes halogenated alkanes) is 2. The van der Waals surface area contributed by atoms with E-state index in [4.69, 9.17) is 32.7 Å². The maximum absolute atomic E-state index is 11.7. The molecule has 0 atom stereocenters. The molecule has 6 nitrogen and oxygen atoms in total. The number of benzene rings is 1. The Hall–Kier alpha value is -2.02. The molecule has 2 N–H and O–H groups in total. The maximum Gasteiger partial charge on any atom is 0.411 e. The molecule has 0 aliphatic carbocycles. The van der Waals surface area contributed by atoms with Crippen molar-refractivity contribution in [1.82, 2.24) is 10.3 Å². The SMILES string of the molecule is COc1ccccc1CNCCCCCOC(=O)Nc1cc(Cl)nc(Cl)c1. The fourth-order valence-corrected chi connectivity index (χ4v) is 2.92. The van der Waals surface area contributed by atoms with Crippen LogP contribution in [0.3, 0.4) is 0 Å². The second-order valence-electron chi connectivity index (χ2n) is 5.81. The van der Waals surface area contributed by atoms with Gasteiger partial charge in [-0.2, -0.15) is 0 Å². The van der Waals surface area contributed by atoms with Gasteiger partial charge in [0.25, 0.3) is 0 Å². The van der Waals surface area contributed by atoms with E-state index >= 15 is 0 Å². The number of carbonyl (C=O) groups is 1. The Morgan fingerprint density at radius 1 is 1.11 bits per heavy atom. The van der Waals surface area contributed by atoms with Crippen LogP contribution in [0.25, 0.3) is 0 Å². The van der Waals surface area contributed by atoms with Gasteiger partial charge in [0, 0.05) is 12.1 Å². The molecule has 0 spiro atoms. The van der Waals surface area contributed by atoms with Crippen molar-refractivity contribution in [3.05, 3.63) is 52.3 Å². The smallest absolute Gasteiger partial charge is 0.411 e. The highest BCUT2D eigenvalue weighted by atomic mass is 35.5. The van der Waals surface area contributed by atoms with Crippen LogP contribution in [-0.2, 0) is 11.3 Å². The molecular formula is C19H23Cl2N3O3. The van der Waals surface area contributed by atoms with Crippen LogP contribution in [0.5, 0.6) is 5.75 Å². The number of para-hydroxylation sites is 1. The molecule has 0 radical (unpaired) electrons. The molecule has 8 heteroatoms. The molecule has 0 aliphatic heterocycles. The Bertz CT molecular complexity index is 724. The van der Waals surface area contributed by atoms with E-state index < -0.39 is 6.09 Å². The minimum absolute atomic E-state index is 0.207. The molecule has 1 heterocycles. The molecule has 0 bridgehead atoms. The molecule has 2 rings (SSSR count). The summed E-state index contributed by atoms with van der Waals surface area (Å²) in [5, 5.41) is 6.37. The summed E-state index contributed by atoms with van der Waals surface area (Å²) >= 11 is 11.6. The number of aromatic nitrogens is 1. The Balaban J connectivity index is 1.53. The molecule has 0 unspecified atom stereocenters. The zero-order chi connectivity index (χ0) is 19.5. The van der Waals surface area contributed by atoms with Gasteiger partial charge in [0.05, 0.1) is 19.4 Å². The van der Waals surface area contributed by atoms with Gasteiger partial charge in [0.1, 0.15) is 16.1 Å². The van der Waals surface area contributed by atoms with Crippen LogP contribution in [-0.4, -0.2) is 31.3 Å². The van der Waals surface area contributed by atoms with E-state index in [9.17, 15) is 4.79 Å². The van der Waals surface area contributed by atoms with Gasteiger partial charge in [0.2, 0.25) is 0 Å². The zero-order valence-electron chi connectivity index (χ0n) is 15.1. The van der Waals surface area contributed by atoms with Crippen molar-refractivity contribution in [1.29, 1.82) is 0 Å². The number of hydrogen-bond acceptors (Lipinski definition) is 5. The molecule has 0 saturated heterocycles. The number of hydrogen-bond donors (Lipinski definition) is 2. The second kappa shape index (κ2) is 11.6. The predicted molar refractivity (Wildman–Crippen MR) is 108 cm³/mol. The molecule has 1 aromatic carbocycles. The maximum atomic E-state index is 11.7. The van der Waals surface area contributed by atoms with E-state index in [1.165, 1.54) is 12.1 Å². The number of halogens is 2. The fraction of sp³-hybridized carbons (Fsp3) is 0.368. The van der Waals surface area contributed by atoms with Gasteiger partial charge in [-0.3, -0.25) is 5.32 Å². The summed E-state index contributed by atoms with van der Waals surface area (Å²) in [7, 11) is 1.67. The largest absolute Gasteiger partial charge is 0.496 e. The Morgan fingerprint density at radius 2 is 1.85 bits per heavy atom. The summed E-state index contributed by atoms with van der Waals surface area (Å²) in [4.78, 5) is 15.5. The molecular weight excluding hydrogens is 389 g/mol. The van der Waals surface area contributed by atoms with Gasteiger partial charge < -0.3 is 14.8 Å². The van der Waals surface area contributed by atoms with Crippen LogP contribution in [0.4, 0.5) is 10.5 Å². The van der Waals surface area contributed by atoms with Crippen LogP contribution in [0.15, 0.2) is 36.4 Å². The number of amides is 1. The summed E-state index contributed by atoms with van der Waals surface area (Å²) in [6, 6.07) is 10.9. The predicted octanol–water partition coefficient (Wildman–Crippen LogP) is 4.91. The monoisotopic (exact) mass is 411 g/mol. The van der Waals surface area contributed by atoms with Crippen LogP contribution in [0, 0.1) is 0 Å². The number of methoxy groups -OCH3 is 1. The summed E-state index contributed by atoms with van der Waals surface area (Å²) in [5.41, 5.74) is 1.59. The van der Waals surface area contributed by atoms with Gasteiger partial charge in [-0.1, -0.05) is 41.4 Å². The molecule has 1 amide bonds. The van der Waals surface area contributed by atoms with Crippen LogP contribution < -0.4 is 15.4 Å². The Labute approximate surface area is 169 Å². The van der Waals surface area contributed by atoms with Crippen molar-refractivity contribution in [3.8, 4) is 5.75 Å². The molecule has 1 aromatic heterocycles.